The highest BCUT2D eigenvalue weighted by atomic mass is 16.5. The number of carbonyl (C=O) groups excluding carboxylic acids is 1. The molecule has 3 N–H and O–H groups in total. The summed E-state index contributed by atoms with van der Waals surface area (Å²) >= 11 is 0. The molecule has 0 aliphatic heterocycles. The van der Waals surface area contributed by atoms with Gasteiger partial charge in [0.25, 0.3) is 0 Å². The first-order valence-electron chi connectivity index (χ1n) is 8.90. The minimum atomic E-state index is -1.61. The molecule has 5 heteroatoms. The van der Waals surface area contributed by atoms with Gasteiger partial charge in [-0.25, -0.2) is 0 Å². The van der Waals surface area contributed by atoms with Crippen LogP contribution in [0.2, 0.25) is 0 Å². The van der Waals surface area contributed by atoms with Gasteiger partial charge in [0.15, 0.2) is 5.41 Å². The molecule has 26 heavy (non-hydrogen) atoms. The quantitative estimate of drug-likeness (QED) is 0.653. The Labute approximate surface area is 151 Å². The van der Waals surface area contributed by atoms with Gasteiger partial charge in [0.1, 0.15) is 6.61 Å². The predicted octanol–water partition coefficient (Wildman–Crippen LogP) is 2.92. The lowest BCUT2D eigenvalue weighted by Gasteiger charge is -2.27. The molecule has 1 saturated carbocycles. The Bertz CT molecular complexity index is 832. The van der Waals surface area contributed by atoms with Gasteiger partial charge in [0, 0.05) is 12.0 Å². The molecule has 0 saturated heterocycles. The molecule has 2 atom stereocenters. The molecule has 0 amide bonds. The van der Waals surface area contributed by atoms with Gasteiger partial charge in [0.05, 0.1) is 0 Å². The van der Waals surface area contributed by atoms with Gasteiger partial charge >= 0.3 is 11.9 Å². The van der Waals surface area contributed by atoms with Crippen LogP contribution in [0, 0.1) is 5.41 Å². The number of fused-ring (bicyclic) bond motifs is 3. The first-order chi connectivity index (χ1) is 12.6. The summed E-state index contributed by atoms with van der Waals surface area (Å²) in [5.41, 5.74) is 8.82. The van der Waals surface area contributed by atoms with Crippen LogP contribution in [0.1, 0.15) is 36.3 Å². The van der Waals surface area contributed by atoms with E-state index >= 15 is 0 Å². The van der Waals surface area contributed by atoms with E-state index in [-0.39, 0.29) is 18.9 Å². The van der Waals surface area contributed by atoms with Crippen LogP contribution in [-0.4, -0.2) is 29.7 Å². The maximum absolute atomic E-state index is 12.7. The Morgan fingerprint density at radius 2 is 1.65 bits per heavy atom. The molecule has 2 aromatic carbocycles. The summed E-state index contributed by atoms with van der Waals surface area (Å²) in [5, 5.41) is 9.63. The van der Waals surface area contributed by atoms with Crippen molar-refractivity contribution in [1.82, 2.24) is 0 Å². The van der Waals surface area contributed by atoms with E-state index in [0.29, 0.717) is 12.8 Å². The smallest absolute Gasteiger partial charge is 0.325 e. The number of ether oxygens (including phenoxy) is 1. The molecule has 134 valence electrons. The number of carbonyl (C=O) groups is 2. The van der Waals surface area contributed by atoms with E-state index in [2.05, 4.69) is 12.1 Å². The van der Waals surface area contributed by atoms with E-state index in [1.807, 2.05) is 36.4 Å². The van der Waals surface area contributed by atoms with Crippen LogP contribution in [0.3, 0.4) is 0 Å². The lowest BCUT2D eigenvalue weighted by atomic mass is 9.83. The van der Waals surface area contributed by atoms with Crippen LogP contribution < -0.4 is 5.73 Å². The summed E-state index contributed by atoms with van der Waals surface area (Å²) < 4.78 is 5.56. The van der Waals surface area contributed by atoms with Crippen molar-refractivity contribution in [3.63, 3.8) is 0 Å². The number of carboxylic acids is 1. The van der Waals surface area contributed by atoms with Crippen molar-refractivity contribution in [2.24, 2.45) is 11.1 Å². The number of hydrogen-bond acceptors (Lipinski definition) is 4. The first kappa shape index (κ1) is 16.8. The second-order valence-corrected chi connectivity index (χ2v) is 7.10. The molecule has 0 unspecified atom stereocenters. The van der Waals surface area contributed by atoms with Gasteiger partial charge in [-0.2, -0.15) is 0 Å². The van der Waals surface area contributed by atoms with E-state index in [9.17, 15) is 14.7 Å². The standard InChI is InChI=1S/C21H21NO4/c22-18-10-5-11-21(18,19(23)24)20(25)26-12-17-15-8-3-1-6-13(15)14-7-2-4-9-16(14)17/h1-4,6-9,17-18H,5,10-12,22H2,(H,23,24)/t18-,21-/m1/s1. The number of carboxylic acid groups (broad SMARTS) is 1. The van der Waals surface area contributed by atoms with Crippen LogP contribution in [0.5, 0.6) is 0 Å². The molecule has 2 aromatic rings. The lowest BCUT2D eigenvalue weighted by Crippen LogP contribution is -2.50. The molecule has 0 bridgehead atoms. The SMILES string of the molecule is N[C@@H]1CCC[C@@]1(C(=O)O)C(=O)OCC1c2ccccc2-c2ccccc21. The highest BCUT2D eigenvalue weighted by molar-refractivity contribution is 6.00. The summed E-state index contributed by atoms with van der Waals surface area (Å²) in [6.45, 7) is 0.120. The minimum Gasteiger partial charge on any atom is -0.480 e. The third kappa shape index (κ3) is 2.35. The summed E-state index contributed by atoms with van der Waals surface area (Å²) in [4.78, 5) is 24.5. The Morgan fingerprint density at radius 3 is 2.15 bits per heavy atom. The van der Waals surface area contributed by atoms with Gasteiger partial charge < -0.3 is 15.6 Å². The second kappa shape index (κ2) is 6.25. The topological polar surface area (TPSA) is 89.6 Å². The third-order valence-corrected chi connectivity index (χ3v) is 5.81. The molecule has 2 aliphatic carbocycles. The number of nitrogens with two attached hydrogens (primary N) is 1. The van der Waals surface area contributed by atoms with E-state index in [4.69, 9.17) is 10.5 Å². The van der Waals surface area contributed by atoms with Crippen molar-refractivity contribution in [3.8, 4) is 11.1 Å². The Morgan fingerprint density at radius 1 is 1.08 bits per heavy atom. The van der Waals surface area contributed by atoms with Crippen LogP contribution in [0.15, 0.2) is 48.5 Å². The first-order valence-corrected chi connectivity index (χ1v) is 8.90. The van der Waals surface area contributed by atoms with E-state index in [1.165, 1.54) is 0 Å². The van der Waals surface area contributed by atoms with Gasteiger partial charge in [0.2, 0.25) is 0 Å². The van der Waals surface area contributed by atoms with Gasteiger partial charge in [-0.05, 0) is 35.1 Å². The Kier molecular flexibility index (Phi) is 4.04. The average molecular weight is 351 g/mol. The predicted molar refractivity (Wildman–Crippen MR) is 96.6 cm³/mol. The van der Waals surface area contributed by atoms with E-state index in [1.54, 1.807) is 0 Å². The molecule has 2 aliphatic rings. The van der Waals surface area contributed by atoms with Gasteiger partial charge in [-0.3, -0.25) is 9.59 Å². The number of benzene rings is 2. The van der Waals surface area contributed by atoms with Crippen molar-refractivity contribution in [2.45, 2.75) is 31.2 Å². The molecule has 0 heterocycles. The molecule has 0 radical (unpaired) electrons. The highest BCUT2D eigenvalue weighted by Crippen LogP contribution is 2.45. The molecule has 5 nitrogen and oxygen atoms in total. The zero-order valence-electron chi connectivity index (χ0n) is 14.4. The Balaban J connectivity index is 1.60. The summed E-state index contributed by atoms with van der Waals surface area (Å²) in [6.07, 6.45) is 1.38. The van der Waals surface area contributed by atoms with Crippen molar-refractivity contribution in [3.05, 3.63) is 59.7 Å². The number of rotatable bonds is 4. The molecule has 0 aromatic heterocycles. The van der Waals surface area contributed by atoms with E-state index < -0.39 is 23.4 Å². The molecular weight excluding hydrogens is 330 g/mol. The maximum Gasteiger partial charge on any atom is 0.325 e. The minimum absolute atomic E-state index is 0.0881. The summed E-state index contributed by atoms with van der Waals surface area (Å²) in [5.74, 6) is -1.98. The van der Waals surface area contributed by atoms with Crippen molar-refractivity contribution in [2.75, 3.05) is 6.61 Å². The average Bonchev–Trinajstić information content (AvgIpc) is 3.19. The van der Waals surface area contributed by atoms with Crippen LogP contribution in [0.25, 0.3) is 11.1 Å². The van der Waals surface area contributed by atoms with Crippen molar-refractivity contribution < 1.29 is 19.4 Å². The lowest BCUT2D eigenvalue weighted by molar-refractivity contribution is -0.169. The van der Waals surface area contributed by atoms with Crippen LogP contribution >= 0.6 is 0 Å². The number of hydrogen-bond donors (Lipinski definition) is 2. The summed E-state index contributed by atoms with van der Waals surface area (Å²) in [7, 11) is 0. The number of aliphatic carboxylic acids is 1. The van der Waals surface area contributed by atoms with Gasteiger partial charge in [-0.15, -0.1) is 0 Å². The third-order valence-electron chi connectivity index (χ3n) is 5.81. The zero-order chi connectivity index (χ0) is 18.3. The second-order valence-electron chi connectivity index (χ2n) is 7.10. The number of esters is 1. The zero-order valence-corrected chi connectivity index (χ0v) is 14.4. The fraction of sp³-hybridized carbons (Fsp3) is 0.333. The highest BCUT2D eigenvalue weighted by Gasteiger charge is 2.55. The van der Waals surface area contributed by atoms with Crippen molar-refractivity contribution in [1.29, 1.82) is 0 Å². The molecule has 4 rings (SSSR count). The van der Waals surface area contributed by atoms with Gasteiger partial charge in [-0.1, -0.05) is 55.0 Å². The molecule has 0 spiro atoms. The normalized spacial score (nSPS) is 24.1. The van der Waals surface area contributed by atoms with Crippen LogP contribution in [-0.2, 0) is 14.3 Å². The maximum atomic E-state index is 12.7. The largest absolute Gasteiger partial charge is 0.480 e. The molecule has 1 fully saturated rings. The Hall–Kier alpha value is -2.66. The monoisotopic (exact) mass is 351 g/mol. The van der Waals surface area contributed by atoms with E-state index in [0.717, 1.165) is 22.3 Å². The van der Waals surface area contributed by atoms with Crippen molar-refractivity contribution >= 4 is 11.9 Å². The van der Waals surface area contributed by atoms with Crippen LogP contribution in [0.4, 0.5) is 0 Å². The fourth-order valence-electron chi connectivity index (χ4n) is 4.37. The fourth-order valence-corrected chi connectivity index (χ4v) is 4.37. The summed E-state index contributed by atoms with van der Waals surface area (Å²) in [6, 6.07) is 15.4. The molecular formula is C21H21NO4.